The van der Waals surface area contributed by atoms with E-state index >= 15 is 0 Å². The van der Waals surface area contributed by atoms with Crippen molar-refractivity contribution in [3.63, 3.8) is 0 Å². The van der Waals surface area contributed by atoms with E-state index in [2.05, 4.69) is 10.2 Å². The molecule has 2 heterocycles. The average Bonchev–Trinajstić information content (AvgIpc) is 3.25. The number of aromatic nitrogens is 5. The molecule has 2 N–H and O–H groups in total. The third-order valence-corrected chi connectivity index (χ3v) is 6.00. The van der Waals surface area contributed by atoms with Crippen LogP contribution < -0.4 is 17.0 Å². The average molecular weight is 466 g/mol. The standard InChI is InChI=1S/C22H19FN6O3S/c1-27-18(24)17(20(31)28(2)22(27)32)16(30)12-33-21-26-25-19(13-8-10-14(23)11-9-13)29(21)15-6-4-3-5-7-15/h3-11H,12,24H2,1-2H3. The second-order valence-electron chi connectivity index (χ2n) is 7.16. The fraction of sp³-hybridized carbons (Fsp3) is 0.136. The molecule has 0 bridgehead atoms. The van der Waals surface area contributed by atoms with Crippen molar-refractivity contribution in [3.05, 3.63) is 86.8 Å². The highest BCUT2D eigenvalue weighted by atomic mass is 32.2. The Bertz CT molecular complexity index is 1460. The van der Waals surface area contributed by atoms with E-state index < -0.39 is 17.0 Å². The summed E-state index contributed by atoms with van der Waals surface area (Å²) >= 11 is 1.07. The van der Waals surface area contributed by atoms with Crippen LogP contribution in [0.5, 0.6) is 0 Å². The lowest BCUT2D eigenvalue weighted by Gasteiger charge is -2.12. The zero-order valence-corrected chi connectivity index (χ0v) is 18.5. The maximum Gasteiger partial charge on any atom is 0.332 e. The van der Waals surface area contributed by atoms with Crippen LogP contribution in [0.25, 0.3) is 17.1 Å². The number of hydrogen-bond acceptors (Lipinski definition) is 7. The minimum Gasteiger partial charge on any atom is -0.384 e. The van der Waals surface area contributed by atoms with E-state index in [1.54, 1.807) is 16.7 Å². The summed E-state index contributed by atoms with van der Waals surface area (Å²) in [6, 6.07) is 15.1. The van der Waals surface area contributed by atoms with Crippen molar-refractivity contribution in [2.24, 2.45) is 14.1 Å². The molecule has 2 aromatic carbocycles. The largest absolute Gasteiger partial charge is 0.384 e. The quantitative estimate of drug-likeness (QED) is 0.341. The second-order valence-corrected chi connectivity index (χ2v) is 8.10. The summed E-state index contributed by atoms with van der Waals surface area (Å²) in [6.45, 7) is 0. The number of ketones is 1. The first-order valence-electron chi connectivity index (χ1n) is 9.78. The number of para-hydroxylation sites is 1. The first-order valence-corrected chi connectivity index (χ1v) is 10.8. The van der Waals surface area contributed by atoms with E-state index in [1.807, 2.05) is 30.3 Å². The predicted octanol–water partition coefficient (Wildman–Crippen LogP) is 2.03. The van der Waals surface area contributed by atoms with Gasteiger partial charge in [0, 0.05) is 25.3 Å². The Morgan fingerprint density at radius 3 is 2.33 bits per heavy atom. The molecule has 0 aliphatic heterocycles. The molecule has 33 heavy (non-hydrogen) atoms. The van der Waals surface area contributed by atoms with E-state index in [0.29, 0.717) is 16.5 Å². The third-order valence-electron chi connectivity index (χ3n) is 5.07. The highest BCUT2D eigenvalue weighted by Crippen LogP contribution is 2.28. The third kappa shape index (κ3) is 4.10. The number of carbonyl (C=O) groups is 1. The van der Waals surface area contributed by atoms with Crippen molar-refractivity contribution in [1.82, 2.24) is 23.9 Å². The van der Waals surface area contributed by atoms with E-state index in [-0.39, 0.29) is 23.0 Å². The zero-order valence-electron chi connectivity index (χ0n) is 17.7. The number of Topliss-reactive ketones (excluding diaryl/α,β-unsaturated/α-hetero) is 1. The van der Waals surface area contributed by atoms with Crippen molar-refractivity contribution in [2.45, 2.75) is 5.16 Å². The molecule has 0 aliphatic carbocycles. The highest BCUT2D eigenvalue weighted by Gasteiger charge is 2.22. The summed E-state index contributed by atoms with van der Waals surface area (Å²) in [5.41, 5.74) is 5.66. The smallest absolute Gasteiger partial charge is 0.332 e. The lowest BCUT2D eigenvalue weighted by Crippen LogP contribution is -2.41. The number of benzene rings is 2. The molecule has 0 saturated heterocycles. The van der Waals surface area contributed by atoms with E-state index in [1.165, 1.54) is 26.2 Å². The van der Waals surface area contributed by atoms with Crippen molar-refractivity contribution in [1.29, 1.82) is 0 Å². The lowest BCUT2D eigenvalue weighted by molar-refractivity contribution is 0.102. The van der Waals surface area contributed by atoms with Crippen LogP contribution >= 0.6 is 11.8 Å². The lowest BCUT2D eigenvalue weighted by atomic mass is 10.2. The Morgan fingerprint density at radius 1 is 1.00 bits per heavy atom. The Kier molecular flexibility index (Phi) is 5.97. The minimum atomic E-state index is -0.752. The van der Waals surface area contributed by atoms with Gasteiger partial charge in [0.05, 0.1) is 5.75 Å². The van der Waals surface area contributed by atoms with Gasteiger partial charge in [-0.05, 0) is 36.4 Å². The van der Waals surface area contributed by atoms with Crippen molar-refractivity contribution in [2.75, 3.05) is 11.5 Å². The van der Waals surface area contributed by atoms with Gasteiger partial charge in [-0.1, -0.05) is 30.0 Å². The molecule has 0 spiro atoms. The number of nitrogens with two attached hydrogens (primary N) is 1. The summed E-state index contributed by atoms with van der Waals surface area (Å²) in [5, 5.41) is 8.85. The number of nitrogens with zero attached hydrogens (tertiary/aromatic N) is 5. The summed E-state index contributed by atoms with van der Waals surface area (Å²) in [6.07, 6.45) is 0. The summed E-state index contributed by atoms with van der Waals surface area (Å²) in [5.74, 6) is -0.800. The monoisotopic (exact) mass is 466 g/mol. The highest BCUT2D eigenvalue weighted by molar-refractivity contribution is 7.99. The molecule has 0 saturated carbocycles. The second kappa shape index (κ2) is 8.87. The van der Waals surface area contributed by atoms with Gasteiger partial charge in [0.2, 0.25) is 0 Å². The molecule has 168 valence electrons. The number of carbonyl (C=O) groups excluding carboxylic acids is 1. The topological polar surface area (TPSA) is 118 Å². The fourth-order valence-electron chi connectivity index (χ4n) is 3.28. The molecule has 0 aliphatic rings. The van der Waals surface area contributed by atoms with Gasteiger partial charge in [-0.25, -0.2) is 9.18 Å². The minimum absolute atomic E-state index is 0.161. The van der Waals surface area contributed by atoms with Crippen molar-refractivity contribution in [3.8, 4) is 17.1 Å². The molecular weight excluding hydrogens is 447 g/mol. The fourth-order valence-corrected chi connectivity index (χ4v) is 4.11. The Morgan fingerprint density at radius 2 is 1.67 bits per heavy atom. The SMILES string of the molecule is Cn1c(N)c(C(=O)CSc2nnc(-c3ccc(F)cc3)n2-c2ccccc2)c(=O)n(C)c1=O. The molecule has 0 unspecified atom stereocenters. The normalized spacial score (nSPS) is 11.0. The molecule has 0 fully saturated rings. The van der Waals surface area contributed by atoms with E-state index in [4.69, 9.17) is 5.73 Å². The Labute approximate surface area is 191 Å². The van der Waals surface area contributed by atoms with Gasteiger partial charge in [-0.3, -0.25) is 23.3 Å². The van der Waals surface area contributed by atoms with Crippen LogP contribution in [-0.2, 0) is 14.1 Å². The van der Waals surface area contributed by atoms with Crippen LogP contribution in [0.1, 0.15) is 10.4 Å². The van der Waals surface area contributed by atoms with Gasteiger partial charge < -0.3 is 5.73 Å². The van der Waals surface area contributed by atoms with Gasteiger partial charge in [-0.15, -0.1) is 10.2 Å². The molecule has 0 radical (unpaired) electrons. The molecule has 2 aromatic heterocycles. The summed E-state index contributed by atoms with van der Waals surface area (Å²) < 4.78 is 17.0. The number of anilines is 1. The zero-order chi connectivity index (χ0) is 23.7. The number of nitrogen functional groups attached to an aromatic ring is 1. The molecule has 11 heteroatoms. The molecule has 4 aromatic rings. The van der Waals surface area contributed by atoms with E-state index in [0.717, 1.165) is 26.6 Å². The van der Waals surface area contributed by atoms with Gasteiger partial charge in [0.25, 0.3) is 5.56 Å². The number of thioether (sulfide) groups is 1. The van der Waals surface area contributed by atoms with Gasteiger partial charge >= 0.3 is 5.69 Å². The van der Waals surface area contributed by atoms with Crippen LogP contribution in [0, 0.1) is 5.82 Å². The molecule has 9 nitrogen and oxygen atoms in total. The molecule has 4 rings (SSSR count). The van der Waals surface area contributed by atoms with Crippen LogP contribution in [0.15, 0.2) is 69.3 Å². The van der Waals surface area contributed by atoms with Crippen LogP contribution in [0.2, 0.25) is 0 Å². The predicted molar refractivity (Wildman–Crippen MR) is 123 cm³/mol. The summed E-state index contributed by atoms with van der Waals surface area (Å²) in [4.78, 5) is 37.4. The van der Waals surface area contributed by atoms with Crippen LogP contribution in [-0.4, -0.2) is 35.4 Å². The molecule has 0 atom stereocenters. The Balaban J connectivity index is 1.71. The Hall–Kier alpha value is -3.99. The van der Waals surface area contributed by atoms with E-state index in [9.17, 15) is 18.8 Å². The summed E-state index contributed by atoms with van der Waals surface area (Å²) in [7, 11) is 2.68. The van der Waals surface area contributed by atoms with Crippen molar-refractivity contribution >= 4 is 23.4 Å². The number of hydrogen-bond donors (Lipinski definition) is 1. The number of halogens is 1. The maximum absolute atomic E-state index is 13.4. The van der Waals surface area contributed by atoms with Crippen LogP contribution in [0.4, 0.5) is 10.2 Å². The van der Waals surface area contributed by atoms with Crippen LogP contribution in [0.3, 0.4) is 0 Å². The first kappa shape index (κ1) is 22.2. The van der Waals surface area contributed by atoms with Gasteiger partial charge in [-0.2, -0.15) is 0 Å². The first-order chi connectivity index (χ1) is 15.8. The number of rotatable bonds is 6. The van der Waals surface area contributed by atoms with Gasteiger partial charge in [0.15, 0.2) is 16.8 Å². The maximum atomic E-state index is 13.4. The molecule has 0 amide bonds. The van der Waals surface area contributed by atoms with Gasteiger partial charge in [0.1, 0.15) is 17.2 Å². The van der Waals surface area contributed by atoms with Crippen molar-refractivity contribution < 1.29 is 9.18 Å². The molecular formula is C22H19FN6O3S.